The third-order valence-electron chi connectivity index (χ3n) is 8.90. The molecule has 5 aromatic heterocycles. The second kappa shape index (κ2) is 13.5. The monoisotopic (exact) mass is 646 g/mol. The van der Waals surface area contributed by atoms with Crippen molar-refractivity contribution >= 4 is 40.7 Å². The number of anilines is 2. The Kier molecular flexibility index (Phi) is 8.78. The van der Waals surface area contributed by atoms with Gasteiger partial charge in [-0.1, -0.05) is 12.1 Å². The molecule has 0 atom stereocenters. The lowest BCUT2D eigenvalue weighted by molar-refractivity contribution is 0.681. The second-order valence-electron chi connectivity index (χ2n) is 12.5. The van der Waals surface area contributed by atoms with Crippen LogP contribution in [0.15, 0.2) is 30.5 Å². The van der Waals surface area contributed by atoms with Gasteiger partial charge >= 0.3 is 0 Å². The van der Waals surface area contributed by atoms with E-state index in [0.29, 0.717) is 0 Å². The standard InChI is InChI=1S/C18H20N6.C16H22N8/c1-13-14(20-16-8-4-3-7-15(16)19-13)9-10-17-21-18(22-23(17)2)24-11-5-6-12-24;1-11-10-17-12(2)15-18-13(20-24(11)15)6-7-14-19-16(21-22(14)3)23-8-4-5-9-23/h3-4,7-10H,5-6,11-12H2,1-2H3;10H,4-9H2,1-3H3. The molecule has 0 radical (unpaired) electrons. The molecule has 8 rings (SSSR count). The number of rotatable bonds is 7. The molecule has 0 saturated carbocycles. The highest BCUT2D eigenvalue weighted by atomic mass is 15.4. The third kappa shape index (κ3) is 6.60. The van der Waals surface area contributed by atoms with Gasteiger partial charge in [0.05, 0.1) is 33.8 Å². The van der Waals surface area contributed by atoms with Gasteiger partial charge in [0.25, 0.3) is 0 Å². The molecule has 2 fully saturated rings. The van der Waals surface area contributed by atoms with Gasteiger partial charge in [-0.05, 0) is 70.7 Å². The summed E-state index contributed by atoms with van der Waals surface area (Å²) in [6.07, 6.45) is 12.2. The SMILES string of the molecule is Cc1nc2ccccc2nc1C=Cc1nc(N2CCCC2)nn1C.Cc1ncc(C)n2nc(CCc3nc(N4CCCC4)nn3C)nc12. The number of hydrogen-bond donors (Lipinski definition) is 0. The number of benzene rings is 1. The van der Waals surface area contributed by atoms with Crippen LogP contribution in [0.4, 0.5) is 11.9 Å². The van der Waals surface area contributed by atoms with Gasteiger partial charge in [0.1, 0.15) is 5.82 Å². The van der Waals surface area contributed by atoms with Crippen LogP contribution in [0, 0.1) is 20.8 Å². The van der Waals surface area contributed by atoms with Crippen molar-refractivity contribution in [2.45, 2.75) is 59.3 Å². The molecule has 7 heterocycles. The topological polar surface area (TPSA) is 137 Å². The fourth-order valence-corrected chi connectivity index (χ4v) is 6.13. The van der Waals surface area contributed by atoms with Crippen molar-refractivity contribution in [2.24, 2.45) is 14.1 Å². The Hall–Kier alpha value is -5.27. The van der Waals surface area contributed by atoms with E-state index < -0.39 is 0 Å². The minimum absolute atomic E-state index is 0.743. The summed E-state index contributed by atoms with van der Waals surface area (Å²) in [5.74, 6) is 4.29. The van der Waals surface area contributed by atoms with E-state index in [1.54, 1.807) is 0 Å². The lowest BCUT2D eigenvalue weighted by atomic mass is 10.2. The van der Waals surface area contributed by atoms with E-state index in [-0.39, 0.29) is 0 Å². The minimum atomic E-state index is 0.743. The Morgan fingerprint density at radius 3 is 2.00 bits per heavy atom. The van der Waals surface area contributed by atoms with Crippen LogP contribution in [0.25, 0.3) is 28.8 Å². The van der Waals surface area contributed by atoms with Crippen molar-refractivity contribution in [1.29, 1.82) is 0 Å². The van der Waals surface area contributed by atoms with Crippen LogP contribution in [0.5, 0.6) is 0 Å². The summed E-state index contributed by atoms with van der Waals surface area (Å²) >= 11 is 0. The van der Waals surface area contributed by atoms with Crippen molar-refractivity contribution < 1.29 is 0 Å². The molecule has 2 saturated heterocycles. The zero-order chi connectivity index (χ0) is 33.2. The first kappa shape index (κ1) is 31.3. The first-order valence-electron chi connectivity index (χ1n) is 16.7. The molecule has 0 amide bonds. The largest absolute Gasteiger partial charge is 0.340 e. The van der Waals surface area contributed by atoms with Crippen LogP contribution in [0.3, 0.4) is 0 Å². The molecule has 1 aromatic carbocycles. The van der Waals surface area contributed by atoms with Crippen LogP contribution >= 0.6 is 0 Å². The zero-order valence-corrected chi connectivity index (χ0v) is 28.4. The highest BCUT2D eigenvalue weighted by molar-refractivity contribution is 5.77. The van der Waals surface area contributed by atoms with Crippen LogP contribution in [-0.2, 0) is 26.9 Å². The number of para-hydroxylation sites is 2. The van der Waals surface area contributed by atoms with Gasteiger partial charge in [0.2, 0.25) is 11.9 Å². The molecule has 0 unspecified atom stereocenters. The molecular formula is C34H42N14. The molecule has 0 bridgehead atoms. The zero-order valence-electron chi connectivity index (χ0n) is 28.4. The van der Waals surface area contributed by atoms with E-state index in [4.69, 9.17) is 4.98 Å². The first-order chi connectivity index (χ1) is 23.3. The maximum atomic E-state index is 4.70. The summed E-state index contributed by atoms with van der Waals surface area (Å²) < 4.78 is 5.56. The number of hydrogen-bond acceptors (Lipinski definition) is 11. The highest BCUT2D eigenvalue weighted by Crippen LogP contribution is 2.19. The molecule has 14 nitrogen and oxygen atoms in total. The molecule has 48 heavy (non-hydrogen) atoms. The maximum absolute atomic E-state index is 4.70. The summed E-state index contributed by atoms with van der Waals surface area (Å²) in [7, 11) is 3.88. The Morgan fingerprint density at radius 2 is 1.31 bits per heavy atom. The number of fused-ring (bicyclic) bond motifs is 2. The minimum Gasteiger partial charge on any atom is -0.340 e. The second-order valence-corrected chi connectivity index (χ2v) is 12.5. The first-order valence-corrected chi connectivity index (χ1v) is 16.7. The lowest BCUT2D eigenvalue weighted by Crippen LogP contribution is -2.19. The van der Waals surface area contributed by atoms with Gasteiger partial charge in [-0.3, -0.25) is 9.67 Å². The smallest absolute Gasteiger partial charge is 0.245 e. The van der Waals surface area contributed by atoms with Crippen LogP contribution in [0.2, 0.25) is 0 Å². The molecular weight excluding hydrogens is 604 g/mol. The van der Waals surface area contributed by atoms with E-state index in [0.717, 1.165) is 108 Å². The summed E-state index contributed by atoms with van der Waals surface area (Å²) in [6.45, 7) is 10.1. The number of aryl methyl sites for hydroxylation is 7. The van der Waals surface area contributed by atoms with Crippen molar-refractivity contribution in [3.05, 3.63) is 70.7 Å². The molecule has 0 N–H and O–H groups in total. The number of nitrogens with zero attached hydrogens (tertiary/aromatic N) is 14. The van der Waals surface area contributed by atoms with Gasteiger partial charge in [-0.2, -0.15) is 15.1 Å². The van der Waals surface area contributed by atoms with E-state index in [9.17, 15) is 0 Å². The Labute approximate surface area is 279 Å². The van der Waals surface area contributed by atoms with Gasteiger partial charge in [-0.15, -0.1) is 10.2 Å². The predicted octanol–water partition coefficient (Wildman–Crippen LogP) is 4.09. The Morgan fingerprint density at radius 1 is 0.667 bits per heavy atom. The molecule has 2 aliphatic rings. The van der Waals surface area contributed by atoms with Crippen LogP contribution < -0.4 is 9.80 Å². The van der Waals surface area contributed by atoms with Gasteiger partial charge in [0, 0.05) is 59.3 Å². The molecule has 0 spiro atoms. The fraction of sp³-hybridized carbons (Fsp3) is 0.441. The summed E-state index contributed by atoms with van der Waals surface area (Å²) in [4.78, 5) is 32.1. The Bertz CT molecular complexity index is 2040. The summed E-state index contributed by atoms with van der Waals surface area (Å²) in [5.41, 5.74) is 6.31. The number of aromatic nitrogens is 12. The van der Waals surface area contributed by atoms with Gasteiger partial charge in [-0.25, -0.2) is 24.1 Å². The van der Waals surface area contributed by atoms with Crippen molar-refractivity contribution in [3.63, 3.8) is 0 Å². The average Bonchev–Trinajstić information content (AvgIpc) is 3.92. The van der Waals surface area contributed by atoms with E-state index in [2.05, 4.69) is 50.0 Å². The highest BCUT2D eigenvalue weighted by Gasteiger charge is 2.19. The molecule has 6 aromatic rings. The maximum Gasteiger partial charge on any atom is 0.245 e. The molecule has 0 aliphatic carbocycles. The normalized spacial score (nSPS) is 14.9. The Balaban J connectivity index is 0.000000152. The molecule has 14 heteroatoms. The summed E-state index contributed by atoms with van der Waals surface area (Å²) in [6, 6.07) is 7.91. The van der Waals surface area contributed by atoms with Gasteiger partial charge < -0.3 is 9.80 Å². The van der Waals surface area contributed by atoms with Crippen molar-refractivity contribution in [3.8, 4) is 0 Å². The third-order valence-corrected chi connectivity index (χ3v) is 8.90. The quantitative estimate of drug-likeness (QED) is 0.248. The van der Waals surface area contributed by atoms with Crippen LogP contribution in [0.1, 0.15) is 65.9 Å². The van der Waals surface area contributed by atoms with E-state index >= 15 is 0 Å². The molecule has 248 valence electrons. The van der Waals surface area contributed by atoms with Crippen molar-refractivity contribution in [1.82, 2.24) is 59.1 Å². The lowest BCUT2D eigenvalue weighted by Gasteiger charge is -2.10. The van der Waals surface area contributed by atoms with Gasteiger partial charge in [0.15, 0.2) is 17.3 Å². The molecule has 2 aliphatic heterocycles. The summed E-state index contributed by atoms with van der Waals surface area (Å²) in [5, 5.41) is 13.7. The average molecular weight is 647 g/mol. The predicted molar refractivity (Wildman–Crippen MR) is 186 cm³/mol. The van der Waals surface area contributed by atoms with E-state index in [1.807, 2.05) is 91.4 Å². The van der Waals surface area contributed by atoms with E-state index in [1.165, 1.54) is 25.7 Å². The fourth-order valence-electron chi connectivity index (χ4n) is 6.13. The van der Waals surface area contributed by atoms with Crippen LogP contribution in [-0.4, -0.2) is 85.3 Å². The van der Waals surface area contributed by atoms with Crippen molar-refractivity contribution in [2.75, 3.05) is 36.0 Å².